The van der Waals surface area contributed by atoms with Gasteiger partial charge >= 0.3 is 5.69 Å². The molecule has 0 aliphatic carbocycles. The van der Waals surface area contributed by atoms with Gasteiger partial charge in [0.25, 0.3) is 5.56 Å². The number of carbonyl (C=O) groups excluding carboxylic acids is 1. The van der Waals surface area contributed by atoms with Crippen LogP contribution in [0.15, 0.2) is 32.3 Å². The molecule has 3 aromatic rings. The van der Waals surface area contributed by atoms with E-state index in [1.807, 2.05) is 38.3 Å². The fourth-order valence-corrected chi connectivity index (χ4v) is 4.65. The monoisotopic (exact) mass is 492 g/mol. The number of nitrogens with one attached hydrogen (secondary N) is 1. The molecule has 0 unspecified atom stereocenters. The molecule has 0 aliphatic heterocycles. The Hall–Kier alpha value is -3.06. The molecule has 0 aliphatic rings. The zero-order valence-corrected chi connectivity index (χ0v) is 20.4. The van der Waals surface area contributed by atoms with Crippen molar-refractivity contribution in [1.29, 1.82) is 0 Å². The van der Waals surface area contributed by atoms with E-state index in [4.69, 9.17) is 11.6 Å². The van der Waals surface area contributed by atoms with Gasteiger partial charge in [0.2, 0.25) is 11.1 Å². The molecule has 11 nitrogen and oxygen atoms in total. The van der Waals surface area contributed by atoms with Gasteiger partial charge in [-0.3, -0.25) is 19.1 Å². The normalized spacial score (nSPS) is 11.3. The van der Waals surface area contributed by atoms with Crippen LogP contribution in [0.4, 0.5) is 11.5 Å². The van der Waals surface area contributed by atoms with Crippen molar-refractivity contribution in [3.63, 3.8) is 0 Å². The van der Waals surface area contributed by atoms with E-state index in [9.17, 15) is 14.4 Å². The number of amides is 1. The minimum absolute atomic E-state index is 0.0113. The van der Waals surface area contributed by atoms with Gasteiger partial charge in [-0.1, -0.05) is 45.0 Å². The van der Waals surface area contributed by atoms with E-state index in [1.54, 1.807) is 0 Å². The number of aromatic amines is 1. The van der Waals surface area contributed by atoms with Gasteiger partial charge in [0, 0.05) is 13.1 Å². The SMILES string of the molecule is CCCCN(C(=O)CSc1nnc(-c2cccs2)n1N)c1c(N)n(CC(C)C)c(=O)[nH]c1=O. The predicted molar refractivity (Wildman–Crippen MR) is 132 cm³/mol. The summed E-state index contributed by atoms with van der Waals surface area (Å²) in [7, 11) is 0. The average molecular weight is 493 g/mol. The summed E-state index contributed by atoms with van der Waals surface area (Å²) in [6.45, 7) is 6.45. The van der Waals surface area contributed by atoms with Crippen molar-refractivity contribution in [3.8, 4) is 10.7 Å². The summed E-state index contributed by atoms with van der Waals surface area (Å²) in [5.41, 5.74) is 4.94. The van der Waals surface area contributed by atoms with Crippen molar-refractivity contribution in [2.45, 2.75) is 45.3 Å². The quantitative estimate of drug-likeness (QED) is 0.285. The van der Waals surface area contributed by atoms with Gasteiger partial charge in [-0.2, -0.15) is 0 Å². The van der Waals surface area contributed by atoms with E-state index in [-0.39, 0.29) is 29.1 Å². The topological polar surface area (TPSA) is 158 Å². The summed E-state index contributed by atoms with van der Waals surface area (Å²) >= 11 is 2.60. The first-order valence-electron chi connectivity index (χ1n) is 10.5. The summed E-state index contributed by atoms with van der Waals surface area (Å²) in [6.07, 6.45) is 1.47. The van der Waals surface area contributed by atoms with E-state index in [1.165, 1.54) is 25.5 Å². The first kappa shape index (κ1) is 24.6. The van der Waals surface area contributed by atoms with Crippen molar-refractivity contribution in [1.82, 2.24) is 24.4 Å². The van der Waals surface area contributed by atoms with E-state index >= 15 is 0 Å². The van der Waals surface area contributed by atoms with E-state index < -0.39 is 11.2 Å². The number of H-pyrrole nitrogens is 1. The molecule has 3 aromatic heterocycles. The lowest BCUT2D eigenvalue weighted by atomic mass is 10.2. The van der Waals surface area contributed by atoms with Crippen LogP contribution in [0.25, 0.3) is 10.7 Å². The molecule has 0 atom stereocenters. The van der Waals surface area contributed by atoms with Crippen LogP contribution in [0.2, 0.25) is 0 Å². The molecule has 0 spiro atoms. The van der Waals surface area contributed by atoms with Gasteiger partial charge in [0.05, 0.1) is 10.6 Å². The summed E-state index contributed by atoms with van der Waals surface area (Å²) in [5.74, 6) is 6.34. The van der Waals surface area contributed by atoms with E-state index in [2.05, 4.69) is 15.2 Å². The fourth-order valence-electron chi connectivity index (χ4n) is 3.22. The summed E-state index contributed by atoms with van der Waals surface area (Å²) in [4.78, 5) is 42.7. The Labute approximate surface area is 198 Å². The highest BCUT2D eigenvalue weighted by Crippen LogP contribution is 2.26. The molecule has 3 rings (SSSR count). The van der Waals surface area contributed by atoms with Crippen LogP contribution >= 0.6 is 23.1 Å². The Morgan fingerprint density at radius 2 is 2.09 bits per heavy atom. The second kappa shape index (κ2) is 10.7. The van der Waals surface area contributed by atoms with Gasteiger partial charge in [-0.05, 0) is 23.8 Å². The maximum Gasteiger partial charge on any atom is 0.330 e. The first-order chi connectivity index (χ1) is 15.7. The minimum Gasteiger partial charge on any atom is -0.383 e. The molecule has 33 heavy (non-hydrogen) atoms. The fraction of sp³-hybridized carbons (Fsp3) is 0.450. The highest BCUT2D eigenvalue weighted by Gasteiger charge is 2.25. The third-order valence-electron chi connectivity index (χ3n) is 4.80. The van der Waals surface area contributed by atoms with Crippen LogP contribution in [-0.2, 0) is 11.3 Å². The maximum absolute atomic E-state index is 13.2. The van der Waals surface area contributed by atoms with Crippen LogP contribution in [0.1, 0.15) is 33.6 Å². The van der Waals surface area contributed by atoms with Crippen molar-refractivity contribution < 1.29 is 4.79 Å². The Morgan fingerprint density at radius 1 is 1.33 bits per heavy atom. The predicted octanol–water partition coefficient (Wildman–Crippen LogP) is 1.73. The largest absolute Gasteiger partial charge is 0.383 e. The maximum atomic E-state index is 13.2. The molecular weight excluding hydrogens is 464 g/mol. The van der Waals surface area contributed by atoms with Crippen molar-refractivity contribution in [2.24, 2.45) is 5.92 Å². The van der Waals surface area contributed by atoms with Gasteiger partial charge in [0.1, 0.15) is 5.82 Å². The van der Waals surface area contributed by atoms with E-state index in [0.717, 1.165) is 23.1 Å². The number of nitrogens with two attached hydrogens (primary N) is 2. The number of hydrogen-bond donors (Lipinski definition) is 3. The number of hydrogen-bond acceptors (Lipinski definition) is 9. The number of aromatic nitrogens is 5. The molecule has 13 heteroatoms. The highest BCUT2D eigenvalue weighted by molar-refractivity contribution is 7.99. The third kappa shape index (κ3) is 5.47. The Bertz CT molecular complexity index is 1210. The summed E-state index contributed by atoms with van der Waals surface area (Å²) in [5, 5.41) is 10.5. The lowest BCUT2D eigenvalue weighted by molar-refractivity contribution is -0.116. The van der Waals surface area contributed by atoms with E-state index in [0.29, 0.717) is 30.5 Å². The number of unbranched alkanes of at least 4 members (excludes halogenated alkanes) is 1. The van der Waals surface area contributed by atoms with Crippen molar-refractivity contribution in [2.75, 3.05) is 28.8 Å². The number of nitrogen functional groups attached to an aromatic ring is 2. The van der Waals surface area contributed by atoms with Crippen LogP contribution < -0.4 is 27.7 Å². The Kier molecular flexibility index (Phi) is 7.97. The number of carbonyl (C=O) groups is 1. The van der Waals surface area contributed by atoms with Gasteiger partial charge in [0.15, 0.2) is 11.5 Å². The average Bonchev–Trinajstić information content (AvgIpc) is 3.41. The van der Waals surface area contributed by atoms with Crippen LogP contribution in [0, 0.1) is 5.92 Å². The molecule has 1 amide bonds. The standard InChI is InChI=1S/C20H28N8O3S2/c1-4-5-8-26(15-16(21)27(10-12(2)3)19(31)23-18(15)30)14(29)11-33-20-25-24-17(28(20)22)13-7-6-9-32-13/h6-7,9,12H,4-5,8,10-11,21-22H2,1-3H3,(H,23,30,31). The molecule has 0 radical (unpaired) electrons. The second-order valence-corrected chi connectivity index (χ2v) is 9.73. The Balaban J connectivity index is 1.87. The Morgan fingerprint density at radius 3 is 2.73 bits per heavy atom. The summed E-state index contributed by atoms with van der Waals surface area (Å²) in [6, 6.07) is 3.77. The second-order valence-electron chi connectivity index (χ2n) is 7.84. The summed E-state index contributed by atoms with van der Waals surface area (Å²) < 4.78 is 2.63. The number of anilines is 2. The molecule has 0 saturated carbocycles. The minimum atomic E-state index is -0.686. The van der Waals surface area contributed by atoms with Gasteiger partial charge in [-0.25, -0.2) is 9.47 Å². The number of thioether (sulfide) groups is 1. The molecule has 3 heterocycles. The molecular formula is C20H28N8O3S2. The third-order valence-corrected chi connectivity index (χ3v) is 6.59. The molecule has 0 fully saturated rings. The first-order valence-corrected chi connectivity index (χ1v) is 12.4. The molecule has 0 aromatic carbocycles. The van der Waals surface area contributed by atoms with Gasteiger partial charge in [-0.15, -0.1) is 21.5 Å². The number of rotatable bonds is 10. The smallest absolute Gasteiger partial charge is 0.330 e. The zero-order chi connectivity index (χ0) is 24.1. The van der Waals surface area contributed by atoms with Crippen LogP contribution in [0.5, 0.6) is 0 Å². The van der Waals surface area contributed by atoms with Gasteiger partial charge < -0.3 is 16.5 Å². The lowest BCUT2D eigenvalue weighted by Crippen LogP contribution is -2.42. The zero-order valence-electron chi connectivity index (χ0n) is 18.8. The van der Waals surface area contributed by atoms with Crippen molar-refractivity contribution >= 4 is 40.5 Å². The highest BCUT2D eigenvalue weighted by atomic mass is 32.2. The van der Waals surface area contributed by atoms with Crippen LogP contribution in [0.3, 0.4) is 0 Å². The lowest BCUT2D eigenvalue weighted by Gasteiger charge is -2.24. The molecule has 0 saturated heterocycles. The number of thiophene rings is 1. The van der Waals surface area contributed by atoms with Crippen molar-refractivity contribution in [3.05, 3.63) is 38.4 Å². The van der Waals surface area contributed by atoms with Crippen LogP contribution in [-0.4, -0.2) is 42.6 Å². The number of nitrogens with zero attached hydrogens (tertiary/aromatic N) is 5. The molecule has 5 N–H and O–H groups in total. The molecule has 178 valence electrons. The molecule has 0 bridgehead atoms.